The molecule has 1 aliphatic rings. The summed E-state index contributed by atoms with van der Waals surface area (Å²) < 4.78 is 10.6. The maximum atomic E-state index is 12.8. The molecule has 3 rings (SSSR count). The molecule has 1 N–H and O–H groups in total. The maximum absolute atomic E-state index is 12.8. The fraction of sp³-hybridized carbons (Fsp3) is 0.474. The SMILES string of the molecule is COc1ccc(Nc2nc(C(=O)N3CC(C)CC(C)C3)cs2)c(OC)c1. The number of nitrogens with one attached hydrogen (secondary N) is 1. The molecule has 0 radical (unpaired) electrons. The first-order valence-electron chi connectivity index (χ1n) is 8.74. The number of nitrogens with zero attached hydrogens (tertiary/aromatic N) is 2. The number of benzene rings is 1. The van der Waals surface area contributed by atoms with Crippen LogP contribution in [0.15, 0.2) is 23.6 Å². The number of amides is 1. The zero-order chi connectivity index (χ0) is 18.7. The van der Waals surface area contributed by atoms with Gasteiger partial charge in [-0.05, 0) is 30.4 Å². The summed E-state index contributed by atoms with van der Waals surface area (Å²) in [5.41, 5.74) is 1.27. The van der Waals surface area contributed by atoms with Gasteiger partial charge in [0.05, 0.1) is 19.9 Å². The van der Waals surface area contributed by atoms with E-state index < -0.39 is 0 Å². The first-order valence-corrected chi connectivity index (χ1v) is 9.62. The fourth-order valence-corrected chi connectivity index (χ4v) is 4.13. The van der Waals surface area contributed by atoms with E-state index >= 15 is 0 Å². The molecule has 2 atom stereocenters. The molecular formula is C19H25N3O3S. The number of hydrogen-bond acceptors (Lipinski definition) is 6. The van der Waals surface area contributed by atoms with E-state index in [-0.39, 0.29) is 5.91 Å². The van der Waals surface area contributed by atoms with E-state index in [1.165, 1.54) is 17.8 Å². The molecule has 0 saturated carbocycles. The van der Waals surface area contributed by atoms with Gasteiger partial charge in [0, 0.05) is 24.5 Å². The van der Waals surface area contributed by atoms with Crippen LogP contribution >= 0.6 is 11.3 Å². The Balaban J connectivity index is 1.73. The summed E-state index contributed by atoms with van der Waals surface area (Å²) in [6.07, 6.45) is 1.17. The van der Waals surface area contributed by atoms with Crippen molar-refractivity contribution in [3.05, 3.63) is 29.3 Å². The Morgan fingerprint density at radius 3 is 2.62 bits per heavy atom. The first-order chi connectivity index (χ1) is 12.5. The van der Waals surface area contributed by atoms with E-state index in [0.717, 1.165) is 24.5 Å². The number of likely N-dealkylation sites (tertiary alicyclic amines) is 1. The van der Waals surface area contributed by atoms with Crippen LogP contribution in [0.2, 0.25) is 0 Å². The molecule has 7 heteroatoms. The molecule has 1 aromatic carbocycles. The van der Waals surface area contributed by atoms with Crippen molar-refractivity contribution in [2.75, 3.05) is 32.6 Å². The van der Waals surface area contributed by atoms with Gasteiger partial charge in [-0.25, -0.2) is 4.98 Å². The molecule has 6 nitrogen and oxygen atoms in total. The Bertz CT molecular complexity index is 767. The van der Waals surface area contributed by atoms with Crippen molar-refractivity contribution in [1.82, 2.24) is 9.88 Å². The number of hydrogen-bond donors (Lipinski definition) is 1. The van der Waals surface area contributed by atoms with Gasteiger partial charge in [0.2, 0.25) is 0 Å². The normalized spacial score (nSPS) is 19.9. The number of piperidine rings is 1. The molecule has 0 bridgehead atoms. The summed E-state index contributed by atoms with van der Waals surface area (Å²) in [7, 11) is 3.22. The maximum Gasteiger partial charge on any atom is 0.273 e. The van der Waals surface area contributed by atoms with Crippen molar-refractivity contribution in [2.24, 2.45) is 11.8 Å². The highest BCUT2D eigenvalue weighted by Gasteiger charge is 2.27. The first kappa shape index (κ1) is 18.5. The quantitative estimate of drug-likeness (QED) is 0.855. The summed E-state index contributed by atoms with van der Waals surface area (Å²) in [6, 6.07) is 5.52. The van der Waals surface area contributed by atoms with Crippen molar-refractivity contribution in [1.29, 1.82) is 0 Å². The number of thiazole rings is 1. The number of carbonyl (C=O) groups excluding carboxylic acids is 1. The van der Waals surface area contributed by atoms with Crippen molar-refractivity contribution in [2.45, 2.75) is 20.3 Å². The van der Waals surface area contributed by atoms with Gasteiger partial charge in [-0.1, -0.05) is 13.8 Å². The second kappa shape index (κ2) is 7.95. The van der Waals surface area contributed by atoms with Crippen molar-refractivity contribution in [3.63, 3.8) is 0 Å². The van der Waals surface area contributed by atoms with Crippen LogP contribution in [0.5, 0.6) is 11.5 Å². The Hall–Kier alpha value is -2.28. The Kier molecular flexibility index (Phi) is 5.66. The molecular weight excluding hydrogens is 350 g/mol. The van der Waals surface area contributed by atoms with Gasteiger partial charge in [-0.15, -0.1) is 11.3 Å². The number of ether oxygens (including phenoxy) is 2. The van der Waals surface area contributed by atoms with Crippen LogP contribution in [-0.4, -0.2) is 43.1 Å². The van der Waals surface area contributed by atoms with Crippen LogP contribution in [-0.2, 0) is 0 Å². The van der Waals surface area contributed by atoms with Crippen LogP contribution in [0.25, 0.3) is 0 Å². The van der Waals surface area contributed by atoms with E-state index in [0.29, 0.717) is 28.4 Å². The average molecular weight is 375 g/mol. The van der Waals surface area contributed by atoms with Gasteiger partial charge in [-0.3, -0.25) is 4.79 Å². The van der Waals surface area contributed by atoms with Crippen molar-refractivity contribution < 1.29 is 14.3 Å². The molecule has 2 heterocycles. The van der Waals surface area contributed by atoms with Crippen molar-refractivity contribution in [3.8, 4) is 11.5 Å². The number of anilines is 2. The topological polar surface area (TPSA) is 63.7 Å². The van der Waals surface area contributed by atoms with E-state index in [4.69, 9.17) is 9.47 Å². The second-order valence-corrected chi connectivity index (χ2v) is 7.74. The minimum Gasteiger partial charge on any atom is -0.497 e. The molecule has 0 spiro atoms. The Morgan fingerprint density at radius 1 is 1.23 bits per heavy atom. The molecule has 2 unspecified atom stereocenters. The van der Waals surface area contributed by atoms with Gasteiger partial charge < -0.3 is 19.7 Å². The Labute approximate surface area is 158 Å². The van der Waals surface area contributed by atoms with Gasteiger partial charge >= 0.3 is 0 Å². The van der Waals surface area contributed by atoms with Crippen molar-refractivity contribution >= 4 is 28.1 Å². The van der Waals surface area contributed by atoms with Crippen LogP contribution in [0.1, 0.15) is 30.8 Å². The Morgan fingerprint density at radius 2 is 1.96 bits per heavy atom. The molecule has 1 amide bonds. The van der Waals surface area contributed by atoms with Gasteiger partial charge in [-0.2, -0.15) is 0 Å². The zero-order valence-electron chi connectivity index (χ0n) is 15.6. The molecule has 26 heavy (non-hydrogen) atoms. The minimum atomic E-state index is 0.00870. The molecule has 140 valence electrons. The summed E-state index contributed by atoms with van der Waals surface area (Å²) in [5, 5.41) is 5.70. The van der Waals surface area contributed by atoms with E-state index in [1.54, 1.807) is 20.3 Å². The molecule has 2 aromatic rings. The third-order valence-electron chi connectivity index (χ3n) is 4.53. The van der Waals surface area contributed by atoms with E-state index in [1.807, 2.05) is 22.4 Å². The molecule has 0 aliphatic carbocycles. The number of aromatic nitrogens is 1. The third-order valence-corrected chi connectivity index (χ3v) is 5.29. The predicted octanol–water partition coefficient (Wildman–Crippen LogP) is 4.02. The lowest BCUT2D eigenvalue weighted by Gasteiger charge is -2.34. The largest absolute Gasteiger partial charge is 0.497 e. The summed E-state index contributed by atoms with van der Waals surface area (Å²) in [6.45, 7) is 5.99. The highest BCUT2D eigenvalue weighted by Crippen LogP contribution is 2.32. The standard InChI is InChI=1S/C19H25N3O3S/c1-12-7-13(2)10-22(9-12)18(23)16-11-26-19(21-16)20-15-6-5-14(24-3)8-17(15)25-4/h5-6,8,11-13H,7,9-10H2,1-4H3,(H,20,21). The van der Waals surface area contributed by atoms with Crippen LogP contribution in [0, 0.1) is 11.8 Å². The smallest absolute Gasteiger partial charge is 0.273 e. The predicted molar refractivity (Wildman–Crippen MR) is 104 cm³/mol. The van der Waals surface area contributed by atoms with Crippen LogP contribution in [0.4, 0.5) is 10.8 Å². The van der Waals surface area contributed by atoms with Gasteiger partial charge in [0.15, 0.2) is 5.13 Å². The average Bonchev–Trinajstić information content (AvgIpc) is 3.09. The van der Waals surface area contributed by atoms with E-state index in [9.17, 15) is 4.79 Å². The number of carbonyl (C=O) groups is 1. The lowest BCUT2D eigenvalue weighted by Crippen LogP contribution is -2.42. The summed E-state index contributed by atoms with van der Waals surface area (Å²) in [5.74, 6) is 2.45. The van der Waals surface area contributed by atoms with E-state index in [2.05, 4.69) is 24.1 Å². The zero-order valence-corrected chi connectivity index (χ0v) is 16.4. The summed E-state index contributed by atoms with van der Waals surface area (Å²) in [4.78, 5) is 19.2. The minimum absolute atomic E-state index is 0.00870. The highest BCUT2D eigenvalue weighted by atomic mass is 32.1. The number of methoxy groups -OCH3 is 2. The summed E-state index contributed by atoms with van der Waals surface area (Å²) >= 11 is 1.41. The van der Waals surface area contributed by atoms with Gasteiger partial charge in [0.1, 0.15) is 17.2 Å². The molecule has 1 aromatic heterocycles. The van der Waals surface area contributed by atoms with Crippen LogP contribution < -0.4 is 14.8 Å². The monoisotopic (exact) mass is 375 g/mol. The highest BCUT2D eigenvalue weighted by molar-refractivity contribution is 7.14. The number of rotatable bonds is 5. The molecule has 1 saturated heterocycles. The van der Waals surface area contributed by atoms with Crippen LogP contribution in [0.3, 0.4) is 0 Å². The third kappa shape index (κ3) is 4.09. The lowest BCUT2D eigenvalue weighted by molar-refractivity contribution is 0.0618. The van der Waals surface area contributed by atoms with Gasteiger partial charge in [0.25, 0.3) is 5.91 Å². The molecule has 1 fully saturated rings. The fourth-order valence-electron chi connectivity index (χ4n) is 3.44. The molecule has 1 aliphatic heterocycles. The second-order valence-electron chi connectivity index (χ2n) is 6.89. The lowest BCUT2D eigenvalue weighted by atomic mass is 9.92.